The van der Waals surface area contributed by atoms with Crippen molar-refractivity contribution >= 4 is 17.3 Å². The number of morpholine rings is 1. The van der Waals surface area contributed by atoms with E-state index in [9.17, 15) is 10.1 Å². The van der Waals surface area contributed by atoms with Gasteiger partial charge in [-0.05, 0) is 55.8 Å². The predicted octanol–water partition coefficient (Wildman–Crippen LogP) is 4.04. The summed E-state index contributed by atoms with van der Waals surface area (Å²) >= 11 is 6.50. The van der Waals surface area contributed by atoms with E-state index in [1.54, 1.807) is 18.2 Å². The number of ether oxygens (including phenoxy) is 3. The summed E-state index contributed by atoms with van der Waals surface area (Å²) in [6, 6.07) is 9.95. The number of hydrogen-bond acceptors (Lipinski definition) is 7. The molecule has 1 aliphatic rings. The largest absolute Gasteiger partial charge is 0.490 e. The molecule has 9 heteroatoms. The van der Waals surface area contributed by atoms with Crippen molar-refractivity contribution in [3.8, 4) is 11.5 Å². The molecule has 2 aromatic carbocycles. The molecule has 0 bridgehead atoms. The zero-order chi connectivity index (χ0) is 22.8. The van der Waals surface area contributed by atoms with Gasteiger partial charge in [0.1, 0.15) is 6.61 Å². The van der Waals surface area contributed by atoms with E-state index in [1.165, 1.54) is 12.1 Å². The molecule has 0 atom stereocenters. The molecule has 1 heterocycles. The predicted molar refractivity (Wildman–Crippen MR) is 124 cm³/mol. The first-order chi connectivity index (χ1) is 15.6. The lowest BCUT2D eigenvalue weighted by Crippen LogP contribution is -2.37. The molecule has 0 amide bonds. The van der Waals surface area contributed by atoms with Gasteiger partial charge >= 0.3 is 0 Å². The molecule has 1 saturated heterocycles. The van der Waals surface area contributed by atoms with Gasteiger partial charge in [-0.25, -0.2) is 0 Å². The van der Waals surface area contributed by atoms with Gasteiger partial charge in [-0.3, -0.25) is 15.0 Å². The molecule has 0 spiro atoms. The lowest BCUT2D eigenvalue weighted by atomic mass is 10.2. The van der Waals surface area contributed by atoms with E-state index in [0.717, 1.165) is 56.9 Å². The lowest BCUT2D eigenvalue weighted by molar-refractivity contribution is -0.384. The summed E-state index contributed by atoms with van der Waals surface area (Å²) in [5, 5.41) is 14.8. The van der Waals surface area contributed by atoms with Gasteiger partial charge in [0.05, 0.1) is 24.7 Å². The maximum absolute atomic E-state index is 10.8. The van der Waals surface area contributed by atoms with Gasteiger partial charge < -0.3 is 19.5 Å². The highest BCUT2D eigenvalue weighted by Gasteiger charge is 2.13. The Hall–Kier alpha value is -2.39. The van der Waals surface area contributed by atoms with Crippen LogP contribution in [0.15, 0.2) is 36.4 Å². The van der Waals surface area contributed by atoms with Crippen LogP contribution in [0.25, 0.3) is 0 Å². The first-order valence-corrected chi connectivity index (χ1v) is 11.3. The number of halogens is 1. The van der Waals surface area contributed by atoms with Crippen LogP contribution < -0.4 is 14.8 Å². The molecular formula is C23H30ClN3O5. The summed E-state index contributed by atoms with van der Waals surface area (Å²) in [6.45, 7) is 8.93. The Labute approximate surface area is 193 Å². The third-order valence-electron chi connectivity index (χ3n) is 5.20. The van der Waals surface area contributed by atoms with Gasteiger partial charge in [0.15, 0.2) is 11.5 Å². The van der Waals surface area contributed by atoms with Crippen LogP contribution in [0.4, 0.5) is 5.69 Å². The van der Waals surface area contributed by atoms with E-state index in [4.69, 9.17) is 25.8 Å². The van der Waals surface area contributed by atoms with Crippen molar-refractivity contribution < 1.29 is 19.1 Å². The number of nitro benzene ring substituents is 1. The number of rotatable bonds is 12. The normalized spacial score (nSPS) is 14.3. The molecule has 0 unspecified atom stereocenters. The summed E-state index contributed by atoms with van der Waals surface area (Å²) < 4.78 is 17.0. The topological polar surface area (TPSA) is 86.1 Å². The minimum absolute atomic E-state index is 0.0496. The first kappa shape index (κ1) is 24.3. The Morgan fingerprint density at radius 3 is 2.56 bits per heavy atom. The van der Waals surface area contributed by atoms with E-state index < -0.39 is 4.92 Å². The molecule has 174 valence electrons. The average molecular weight is 464 g/mol. The highest BCUT2D eigenvalue weighted by Crippen LogP contribution is 2.34. The number of nitro groups is 1. The third kappa shape index (κ3) is 7.34. The van der Waals surface area contributed by atoms with Crippen LogP contribution >= 0.6 is 11.6 Å². The summed E-state index contributed by atoms with van der Waals surface area (Å²) in [4.78, 5) is 12.8. The second-order valence-electron chi connectivity index (χ2n) is 7.52. The second kappa shape index (κ2) is 12.6. The summed E-state index contributed by atoms with van der Waals surface area (Å²) in [6.07, 6.45) is 1.06. The van der Waals surface area contributed by atoms with Crippen LogP contribution in [0.1, 0.15) is 24.5 Å². The van der Waals surface area contributed by atoms with Crippen molar-refractivity contribution in [2.45, 2.75) is 26.5 Å². The van der Waals surface area contributed by atoms with Crippen LogP contribution in [0.5, 0.6) is 11.5 Å². The second-order valence-corrected chi connectivity index (χ2v) is 7.93. The smallest absolute Gasteiger partial charge is 0.269 e. The standard InChI is InChI=1S/C23H30ClN3O5/c1-2-31-22-14-19(16-25-8-3-9-26-10-12-30-13-11-26)21(24)15-23(22)32-17-18-4-6-20(7-5-18)27(28)29/h4-7,14-15,25H,2-3,8-13,16-17H2,1H3. The molecule has 0 radical (unpaired) electrons. The number of nitrogens with zero attached hydrogens (tertiary/aromatic N) is 2. The Balaban J connectivity index is 1.53. The summed E-state index contributed by atoms with van der Waals surface area (Å²) in [7, 11) is 0. The van der Waals surface area contributed by atoms with Gasteiger partial charge in [-0.1, -0.05) is 11.6 Å². The number of nitrogens with one attached hydrogen (secondary N) is 1. The Bertz CT molecular complexity index is 873. The van der Waals surface area contributed by atoms with Gasteiger partial charge in [0.2, 0.25) is 0 Å². The van der Waals surface area contributed by atoms with Crippen LogP contribution in [0, 0.1) is 10.1 Å². The molecular weight excluding hydrogens is 434 g/mol. The Morgan fingerprint density at radius 2 is 1.88 bits per heavy atom. The maximum Gasteiger partial charge on any atom is 0.269 e. The quantitative estimate of drug-likeness (QED) is 0.289. The minimum atomic E-state index is -0.424. The van der Waals surface area contributed by atoms with Gasteiger partial charge in [-0.2, -0.15) is 0 Å². The van der Waals surface area contributed by atoms with Gasteiger partial charge in [0.25, 0.3) is 5.69 Å². The van der Waals surface area contributed by atoms with Gasteiger partial charge in [-0.15, -0.1) is 0 Å². The fourth-order valence-electron chi connectivity index (χ4n) is 3.44. The van der Waals surface area contributed by atoms with Crippen molar-refractivity contribution in [2.24, 2.45) is 0 Å². The van der Waals surface area contributed by atoms with Gasteiger partial charge in [0, 0.05) is 42.9 Å². The van der Waals surface area contributed by atoms with E-state index in [2.05, 4.69) is 10.2 Å². The van der Waals surface area contributed by atoms with Crippen molar-refractivity contribution in [1.29, 1.82) is 0 Å². The third-order valence-corrected chi connectivity index (χ3v) is 5.55. The maximum atomic E-state index is 10.8. The Morgan fingerprint density at radius 1 is 1.16 bits per heavy atom. The van der Waals surface area contributed by atoms with Crippen LogP contribution in [-0.2, 0) is 17.9 Å². The Kier molecular flexibility index (Phi) is 9.55. The molecule has 3 rings (SSSR count). The highest BCUT2D eigenvalue weighted by atomic mass is 35.5. The van der Waals surface area contributed by atoms with E-state index >= 15 is 0 Å². The fraction of sp³-hybridized carbons (Fsp3) is 0.478. The van der Waals surface area contributed by atoms with Crippen molar-refractivity contribution in [3.63, 3.8) is 0 Å². The monoisotopic (exact) mass is 463 g/mol. The zero-order valence-corrected chi connectivity index (χ0v) is 19.1. The number of hydrogen-bond donors (Lipinski definition) is 1. The molecule has 0 saturated carbocycles. The molecule has 1 aliphatic heterocycles. The highest BCUT2D eigenvalue weighted by molar-refractivity contribution is 6.31. The SMILES string of the molecule is CCOc1cc(CNCCCN2CCOCC2)c(Cl)cc1OCc1ccc([N+](=O)[O-])cc1. The first-order valence-electron chi connectivity index (χ1n) is 10.9. The van der Waals surface area contributed by atoms with Crippen molar-refractivity contribution in [3.05, 3.63) is 62.7 Å². The molecule has 0 aromatic heterocycles. The van der Waals surface area contributed by atoms with E-state index in [-0.39, 0.29) is 12.3 Å². The average Bonchev–Trinajstić information content (AvgIpc) is 2.80. The van der Waals surface area contributed by atoms with E-state index in [1.807, 2.05) is 13.0 Å². The number of benzene rings is 2. The van der Waals surface area contributed by atoms with E-state index in [0.29, 0.717) is 29.7 Å². The lowest BCUT2D eigenvalue weighted by Gasteiger charge is -2.26. The summed E-state index contributed by atoms with van der Waals surface area (Å²) in [5.41, 5.74) is 1.82. The molecule has 1 fully saturated rings. The summed E-state index contributed by atoms with van der Waals surface area (Å²) in [5.74, 6) is 1.18. The molecule has 32 heavy (non-hydrogen) atoms. The van der Waals surface area contributed by atoms with Crippen LogP contribution in [0.3, 0.4) is 0 Å². The molecule has 2 aromatic rings. The van der Waals surface area contributed by atoms with Crippen molar-refractivity contribution in [1.82, 2.24) is 10.2 Å². The minimum Gasteiger partial charge on any atom is -0.490 e. The van der Waals surface area contributed by atoms with Crippen LogP contribution in [-0.4, -0.2) is 55.8 Å². The van der Waals surface area contributed by atoms with Crippen molar-refractivity contribution in [2.75, 3.05) is 46.0 Å². The fourth-order valence-corrected chi connectivity index (χ4v) is 3.66. The number of non-ortho nitro benzene ring substituents is 1. The van der Waals surface area contributed by atoms with Crippen LogP contribution in [0.2, 0.25) is 5.02 Å². The molecule has 0 aliphatic carbocycles. The molecule has 8 nitrogen and oxygen atoms in total. The zero-order valence-electron chi connectivity index (χ0n) is 18.3. The molecule has 1 N–H and O–H groups in total.